The maximum Gasteiger partial charge on any atom is 0.407 e. The molecular formula is C24H28N6O5. The number of pyridine rings is 1. The van der Waals surface area contributed by atoms with E-state index in [-0.39, 0.29) is 6.10 Å². The van der Waals surface area contributed by atoms with Gasteiger partial charge in [-0.15, -0.1) is 0 Å². The second-order valence-electron chi connectivity index (χ2n) is 8.46. The van der Waals surface area contributed by atoms with Crippen LogP contribution in [0.5, 0.6) is 11.5 Å². The Hall–Kier alpha value is -3.86. The number of carbonyl (C=O) groups is 1. The van der Waals surface area contributed by atoms with Gasteiger partial charge in [0.2, 0.25) is 0 Å². The Morgan fingerprint density at radius 1 is 1.09 bits per heavy atom. The molecule has 0 aliphatic carbocycles. The highest BCUT2D eigenvalue weighted by molar-refractivity contribution is 5.92. The van der Waals surface area contributed by atoms with Gasteiger partial charge >= 0.3 is 6.09 Å². The predicted octanol–water partition coefficient (Wildman–Crippen LogP) is 3.13. The van der Waals surface area contributed by atoms with E-state index in [1.165, 1.54) is 11.2 Å². The molecule has 0 radical (unpaired) electrons. The van der Waals surface area contributed by atoms with E-state index >= 15 is 0 Å². The molecule has 0 bridgehead atoms. The Morgan fingerprint density at radius 3 is 2.63 bits per heavy atom. The van der Waals surface area contributed by atoms with Gasteiger partial charge in [0.15, 0.2) is 11.5 Å². The van der Waals surface area contributed by atoms with Crippen molar-refractivity contribution in [2.45, 2.75) is 18.9 Å². The molecule has 11 heteroatoms. The van der Waals surface area contributed by atoms with Crippen LogP contribution in [0.15, 0.2) is 36.8 Å². The first kappa shape index (κ1) is 22.9. The first-order chi connectivity index (χ1) is 17.1. The number of piperidine rings is 1. The van der Waals surface area contributed by atoms with E-state index < -0.39 is 6.09 Å². The van der Waals surface area contributed by atoms with Gasteiger partial charge < -0.3 is 34.4 Å². The minimum Gasteiger partial charge on any atom is -0.493 e. The van der Waals surface area contributed by atoms with Crippen molar-refractivity contribution in [2.75, 3.05) is 56.7 Å². The van der Waals surface area contributed by atoms with Crippen LogP contribution in [0, 0.1) is 0 Å². The van der Waals surface area contributed by atoms with Crippen LogP contribution < -0.4 is 19.7 Å². The van der Waals surface area contributed by atoms with Gasteiger partial charge in [0.05, 0.1) is 32.0 Å². The van der Waals surface area contributed by atoms with E-state index in [0.29, 0.717) is 56.5 Å². The number of likely N-dealkylation sites (tertiary alicyclic amines) is 1. The molecule has 0 atom stereocenters. The average molecular weight is 481 g/mol. The first-order valence-electron chi connectivity index (χ1n) is 11.6. The SMILES string of the molecule is COc1cc(Nc2ncnc3cnc(N4CCOCC4)cc23)ccc1OC1CCN(C(=O)O)CC1. The lowest BCUT2D eigenvalue weighted by Gasteiger charge is -2.30. The minimum absolute atomic E-state index is 0.0600. The number of morpholine rings is 1. The quantitative estimate of drug-likeness (QED) is 0.544. The van der Waals surface area contributed by atoms with Crippen molar-refractivity contribution in [3.05, 3.63) is 36.8 Å². The summed E-state index contributed by atoms with van der Waals surface area (Å²) < 4.78 is 17.2. The third-order valence-electron chi connectivity index (χ3n) is 6.27. The second kappa shape index (κ2) is 10.2. The van der Waals surface area contributed by atoms with Gasteiger partial charge in [-0.2, -0.15) is 0 Å². The molecule has 11 nitrogen and oxygen atoms in total. The Kier molecular flexibility index (Phi) is 6.66. The second-order valence-corrected chi connectivity index (χ2v) is 8.46. The fourth-order valence-corrected chi connectivity index (χ4v) is 4.34. The Morgan fingerprint density at radius 2 is 1.89 bits per heavy atom. The number of fused-ring (bicyclic) bond motifs is 1. The Balaban J connectivity index is 1.33. The summed E-state index contributed by atoms with van der Waals surface area (Å²) in [4.78, 5) is 28.1. The zero-order valence-corrected chi connectivity index (χ0v) is 19.5. The summed E-state index contributed by atoms with van der Waals surface area (Å²) in [5.41, 5.74) is 1.54. The molecule has 2 saturated heterocycles. The van der Waals surface area contributed by atoms with Gasteiger partial charge in [0.25, 0.3) is 0 Å². The first-order valence-corrected chi connectivity index (χ1v) is 11.6. The molecule has 184 valence electrons. The molecule has 5 rings (SSSR count). The molecule has 35 heavy (non-hydrogen) atoms. The highest BCUT2D eigenvalue weighted by Crippen LogP contribution is 2.34. The summed E-state index contributed by atoms with van der Waals surface area (Å²) in [6.45, 7) is 3.88. The van der Waals surface area contributed by atoms with Crippen molar-refractivity contribution >= 4 is 34.3 Å². The van der Waals surface area contributed by atoms with Gasteiger partial charge in [0.1, 0.15) is 24.1 Å². The zero-order valence-electron chi connectivity index (χ0n) is 19.5. The van der Waals surface area contributed by atoms with Gasteiger partial charge in [-0.3, -0.25) is 0 Å². The number of ether oxygens (including phenoxy) is 3. The molecule has 2 N–H and O–H groups in total. The molecule has 1 amide bonds. The lowest BCUT2D eigenvalue weighted by atomic mass is 10.1. The topological polar surface area (TPSA) is 122 Å². The maximum atomic E-state index is 11.1. The molecule has 1 aromatic carbocycles. The largest absolute Gasteiger partial charge is 0.493 e. The zero-order chi connectivity index (χ0) is 24.2. The van der Waals surface area contributed by atoms with E-state index in [1.54, 1.807) is 13.3 Å². The molecule has 0 unspecified atom stereocenters. The predicted molar refractivity (Wildman–Crippen MR) is 130 cm³/mol. The number of hydrogen-bond acceptors (Lipinski definition) is 9. The summed E-state index contributed by atoms with van der Waals surface area (Å²) in [5.74, 6) is 2.75. The summed E-state index contributed by atoms with van der Waals surface area (Å²) in [7, 11) is 1.60. The maximum absolute atomic E-state index is 11.1. The summed E-state index contributed by atoms with van der Waals surface area (Å²) in [5, 5.41) is 13.4. The fraction of sp³-hybridized carbons (Fsp3) is 0.417. The number of anilines is 3. The van der Waals surface area contributed by atoms with Crippen molar-refractivity contribution in [1.82, 2.24) is 19.9 Å². The van der Waals surface area contributed by atoms with Crippen molar-refractivity contribution in [3.63, 3.8) is 0 Å². The number of hydrogen-bond donors (Lipinski definition) is 2. The lowest BCUT2D eigenvalue weighted by molar-refractivity contribution is 0.0878. The number of methoxy groups -OCH3 is 1. The molecule has 2 aliphatic heterocycles. The molecule has 0 spiro atoms. The number of nitrogens with one attached hydrogen (secondary N) is 1. The fourth-order valence-electron chi connectivity index (χ4n) is 4.34. The Labute approximate surface area is 202 Å². The minimum atomic E-state index is -0.887. The van der Waals surface area contributed by atoms with Crippen LogP contribution in [0.2, 0.25) is 0 Å². The number of amides is 1. The average Bonchev–Trinajstić information content (AvgIpc) is 2.90. The van der Waals surface area contributed by atoms with Crippen molar-refractivity contribution in [3.8, 4) is 11.5 Å². The van der Waals surface area contributed by atoms with Gasteiger partial charge in [0, 0.05) is 56.2 Å². The number of benzene rings is 1. The third-order valence-corrected chi connectivity index (χ3v) is 6.27. The van der Waals surface area contributed by atoms with Gasteiger partial charge in [-0.25, -0.2) is 19.7 Å². The molecular weight excluding hydrogens is 452 g/mol. The van der Waals surface area contributed by atoms with Crippen LogP contribution in [0.1, 0.15) is 12.8 Å². The molecule has 2 aromatic heterocycles. The molecule has 3 aromatic rings. The lowest BCUT2D eigenvalue weighted by Crippen LogP contribution is -2.41. The Bertz CT molecular complexity index is 1190. The summed E-state index contributed by atoms with van der Waals surface area (Å²) in [6.07, 6.45) is 3.61. The highest BCUT2D eigenvalue weighted by Gasteiger charge is 2.24. The molecule has 2 fully saturated rings. The van der Waals surface area contributed by atoms with Crippen LogP contribution >= 0.6 is 0 Å². The molecule has 2 aliphatic rings. The van der Waals surface area contributed by atoms with Crippen molar-refractivity contribution in [2.24, 2.45) is 0 Å². The van der Waals surface area contributed by atoms with Crippen LogP contribution in [0.4, 0.5) is 22.1 Å². The normalized spacial score (nSPS) is 16.8. The third kappa shape index (κ3) is 5.14. The van der Waals surface area contributed by atoms with E-state index in [1.807, 2.05) is 24.3 Å². The van der Waals surface area contributed by atoms with Crippen molar-refractivity contribution in [1.29, 1.82) is 0 Å². The van der Waals surface area contributed by atoms with Crippen LogP contribution in [0.3, 0.4) is 0 Å². The van der Waals surface area contributed by atoms with Crippen LogP contribution in [-0.2, 0) is 4.74 Å². The highest BCUT2D eigenvalue weighted by atomic mass is 16.5. The van der Waals surface area contributed by atoms with E-state index in [4.69, 9.17) is 19.3 Å². The summed E-state index contributed by atoms with van der Waals surface area (Å²) >= 11 is 0. The number of carboxylic acid groups (broad SMARTS) is 1. The molecule has 0 saturated carbocycles. The van der Waals surface area contributed by atoms with Gasteiger partial charge in [-0.1, -0.05) is 0 Å². The standard InChI is InChI=1S/C24H28N6O5/c1-33-21-12-16(2-3-20(21)35-17-4-6-30(7-5-17)24(31)32)28-23-18-13-22(29-8-10-34-11-9-29)25-14-19(18)26-15-27-23/h2-3,12-15,17H,4-11H2,1H3,(H,31,32)(H,26,27,28). The number of rotatable bonds is 6. The van der Waals surface area contributed by atoms with Crippen LogP contribution in [0.25, 0.3) is 10.9 Å². The smallest absolute Gasteiger partial charge is 0.407 e. The van der Waals surface area contributed by atoms with Gasteiger partial charge in [-0.05, 0) is 18.2 Å². The van der Waals surface area contributed by atoms with Crippen LogP contribution in [-0.4, -0.2) is 83.7 Å². The summed E-state index contributed by atoms with van der Waals surface area (Å²) in [6, 6.07) is 7.62. The molecule has 4 heterocycles. The monoisotopic (exact) mass is 480 g/mol. The van der Waals surface area contributed by atoms with E-state index in [2.05, 4.69) is 25.2 Å². The van der Waals surface area contributed by atoms with E-state index in [9.17, 15) is 4.79 Å². The number of nitrogens with zero attached hydrogens (tertiary/aromatic N) is 5. The van der Waals surface area contributed by atoms with E-state index in [0.717, 1.165) is 35.5 Å². The van der Waals surface area contributed by atoms with Crippen molar-refractivity contribution < 1.29 is 24.1 Å². The number of aromatic nitrogens is 3.